The highest BCUT2D eigenvalue weighted by molar-refractivity contribution is 5.78. The number of esters is 1. The molecule has 0 amide bonds. The van der Waals surface area contributed by atoms with Gasteiger partial charge in [-0.25, -0.2) is 0 Å². The summed E-state index contributed by atoms with van der Waals surface area (Å²) >= 11 is 0. The monoisotopic (exact) mass is 290 g/mol. The van der Waals surface area contributed by atoms with Gasteiger partial charge >= 0.3 is 5.97 Å². The van der Waals surface area contributed by atoms with E-state index in [2.05, 4.69) is 20.4 Å². The molecule has 0 spiro atoms. The van der Waals surface area contributed by atoms with Crippen molar-refractivity contribution in [2.24, 2.45) is 0 Å². The molecule has 2 aliphatic heterocycles. The van der Waals surface area contributed by atoms with Crippen LogP contribution in [0.4, 0.5) is 5.82 Å². The second-order valence-corrected chi connectivity index (χ2v) is 6.02. The van der Waals surface area contributed by atoms with E-state index >= 15 is 0 Å². The Kier molecular flexibility index (Phi) is 4.05. The van der Waals surface area contributed by atoms with Crippen molar-refractivity contribution in [1.29, 1.82) is 0 Å². The molecule has 1 N–H and O–H groups in total. The molecule has 0 aromatic carbocycles. The van der Waals surface area contributed by atoms with E-state index in [1.165, 1.54) is 0 Å². The van der Waals surface area contributed by atoms with E-state index in [-0.39, 0.29) is 18.1 Å². The number of cyclic esters (lactones) is 1. The van der Waals surface area contributed by atoms with Gasteiger partial charge in [-0.2, -0.15) is 5.10 Å². The molecule has 3 atom stereocenters. The first-order chi connectivity index (χ1) is 10.1. The topological polar surface area (TPSA) is 67.3 Å². The maximum absolute atomic E-state index is 11.7. The van der Waals surface area contributed by atoms with Gasteiger partial charge in [0.15, 0.2) is 5.82 Å². The number of hydrogen-bond donors (Lipinski definition) is 1. The number of aryl methyl sites for hydroxylation is 1. The first-order valence-corrected chi connectivity index (χ1v) is 7.63. The molecule has 0 bridgehead atoms. The number of carbonyl (C=O) groups is 1. The number of piperidine rings is 1. The van der Waals surface area contributed by atoms with Gasteiger partial charge in [0, 0.05) is 25.6 Å². The van der Waals surface area contributed by atoms with Crippen molar-refractivity contribution in [2.75, 3.05) is 18.0 Å². The fourth-order valence-electron chi connectivity index (χ4n) is 3.06. The third-order valence-electron chi connectivity index (χ3n) is 4.14. The molecule has 6 heteroatoms. The van der Waals surface area contributed by atoms with Crippen LogP contribution < -0.4 is 10.2 Å². The molecule has 1 aromatic rings. The molecular weight excluding hydrogens is 268 g/mol. The zero-order valence-corrected chi connectivity index (χ0v) is 12.6. The molecule has 3 rings (SSSR count). The molecular formula is C15H22N4O2. The van der Waals surface area contributed by atoms with Crippen molar-refractivity contribution in [1.82, 2.24) is 15.5 Å². The van der Waals surface area contributed by atoms with E-state index in [4.69, 9.17) is 4.74 Å². The van der Waals surface area contributed by atoms with Crippen LogP contribution in [0.15, 0.2) is 12.1 Å². The van der Waals surface area contributed by atoms with Crippen molar-refractivity contribution >= 4 is 11.8 Å². The lowest BCUT2D eigenvalue weighted by Crippen LogP contribution is -2.50. The van der Waals surface area contributed by atoms with Gasteiger partial charge in [-0.1, -0.05) is 0 Å². The molecule has 0 aliphatic carbocycles. The molecule has 114 valence electrons. The van der Waals surface area contributed by atoms with Gasteiger partial charge in [-0.15, -0.1) is 5.10 Å². The van der Waals surface area contributed by atoms with E-state index in [1.807, 2.05) is 26.0 Å². The van der Waals surface area contributed by atoms with Crippen molar-refractivity contribution in [2.45, 2.75) is 51.3 Å². The lowest BCUT2D eigenvalue weighted by atomic mass is 10.0. The van der Waals surface area contributed by atoms with Crippen molar-refractivity contribution in [3.63, 3.8) is 0 Å². The molecule has 2 aliphatic rings. The smallest absolute Gasteiger partial charge is 0.323 e. The first-order valence-electron chi connectivity index (χ1n) is 7.63. The summed E-state index contributed by atoms with van der Waals surface area (Å²) in [5.41, 5.74) is 0.924. The highest BCUT2D eigenvalue weighted by atomic mass is 16.6. The minimum atomic E-state index is -0.158. The van der Waals surface area contributed by atoms with Crippen LogP contribution in [0.5, 0.6) is 0 Å². The summed E-state index contributed by atoms with van der Waals surface area (Å²) in [5, 5.41) is 11.8. The average molecular weight is 290 g/mol. The van der Waals surface area contributed by atoms with Crippen LogP contribution >= 0.6 is 0 Å². The highest BCUT2D eigenvalue weighted by Crippen LogP contribution is 2.20. The SMILES string of the molecule is Cc1ccc(N2CCC[C@H](N[C@@H]3C[C@@H](C)OC3=O)C2)nn1. The maximum Gasteiger partial charge on any atom is 0.323 e. The predicted molar refractivity (Wildman–Crippen MR) is 79.1 cm³/mol. The Hall–Kier alpha value is -1.69. The summed E-state index contributed by atoms with van der Waals surface area (Å²) < 4.78 is 5.20. The summed E-state index contributed by atoms with van der Waals surface area (Å²) in [5.74, 6) is 0.796. The second kappa shape index (κ2) is 5.97. The fraction of sp³-hybridized carbons (Fsp3) is 0.667. The molecule has 21 heavy (non-hydrogen) atoms. The summed E-state index contributed by atoms with van der Waals surface area (Å²) in [6.07, 6.45) is 2.95. The van der Waals surface area contributed by atoms with Crippen LogP contribution in [0.2, 0.25) is 0 Å². The molecule has 3 heterocycles. The van der Waals surface area contributed by atoms with Crippen LogP contribution in [-0.4, -0.2) is 47.4 Å². The average Bonchev–Trinajstić information content (AvgIpc) is 2.78. The molecule has 6 nitrogen and oxygen atoms in total. The number of rotatable bonds is 3. The van der Waals surface area contributed by atoms with Crippen molar-refractivity contribution in [3.8, 4) is 0 Å². The quantitative estimate of drug-likeness (QED) is 0.839. The number of carbonyl (C=O) groups excluding carboxylic acids is 1. The van der Waals surface area contributed by atoms with Crippen molar-refractivity contribution in [3.05, 3.63) is 17.8 Å². The Labute approximate surface area is 124 Å². The van der Waals surface area contributed by atoms with Crippen LogP contribution in [0.3, 0.4) is 0 Å². The van der Waals surface area contributed by atoms with Crippen LogP contribution in [0.1, 0.15) is 31.9 Å². The number of nitrogens with one attached hydrogen (secondary N) is 1. The van der Waals surface area contributed by atoms with E-state index in [1.54, 1.807) is 0 Å². The van der Waals surface area contributed by atoms with Gasteiger partial charge in [0.05, 0.1) is 5.69 Å². The highest BCUT2D eigenvalue weighted by Gasteiger charge is 2.34. The lowest BCUT2D eigenvalue weighted by molar-refractivity contribution is -0.142. The lowest BCUT2D eigenvalue weighted by Gasteiger charge is -2.34. The number of anilines is 1. The number of ether oxygens (including phenoxy) is 1. The van der Waals surface area contributed by atoms with E-state index in [0.717, 1.165) is 43.9 Å². The van der Waals surface area contributed by atoms with Gasteiger partial charge in [-0.05, 0) is 38.8 Å². The van der Waals surface area contributed by atoms with Gasteiger partial charge in [0.2, 0.25) is 0 Å². The van der Waals surface area contributed by atoms with Crippen LogP contribution in [-0.2, 0) is 9.53 Å². The Morgan fingerprint density at radius 1 is 1.38 bits per heavy atom. The minimum Gasteiger partial charge on any atom is -0.461 e. The maximum atomic E-state index is 11.7. The van der Waals surface area contributed by atoms with Gasteiger partial charge in [-0.3, -0.25) is 10.1 Å². The Morgan fingerprint density at radius 2 is 2.24 bits per heavy atom. The third kappa shape index (κ3) is 3.32. The molecule has 0 saturated carbocycles. The number of hydrogen-bond acceptors (Lipinski definition) is 6. The predicted octanol–water partition coefficient (Wildman–Crippen LogP) is 1.05. The molecule has 1 aromatic heterocycles. The largest absolute Gasteiger partial charge is 0.461 e. The molecule has 0 radical (unpaired) electrons. The minimum absolute atomic E-state index is 0.0256. The third-order valence-corrected chi connectivity index (χ3v) is 4.14. The Balaban J connectivity index is 1.60. The van der Waals surface area contributed by atoms with Crippen molar-refractivity contribution < 1.29 is 9.53 Å². The summed E-state index contributed by atoms with van der Waals surface area (Å²) in [6.45, 7) is 5.72. The molecule has 0 unspecified atom stereocenters. The normalized spacial score (nSPS) is 29.5. The Morgan fingerprint density at radius 3 is 2.90 bits per heavy atom. The van der Waals surface area contributed by atoms with E-state index < -0.39 is 0 Å². The van der Waals surface area contributed by atoms with Gasteiger partial charge < -0.3 is 9.64 Å². The zero-order chi connectivity index (χ0) is 14.8. The summed E-state index contributed by atoms with van der Waals surface area (Å²) in [4.78, 5) is 14.0. The Bertz CT molecular complexity index is 505. The van der Waals surface area contributed by atoms with Crippen LogP contribution in [0, 0.1) is 6.92 Å². The number of nitrogens with zero attached hydrogens (tertiary/aromatic N) is 3. The van der Waals surface area contributed by atoms with Gasteiger partial charge in [0.1, 0.15) is 12.1 Å². The summed E-state index contributed by atoms with van der Waals surface area (Å²) in [6, 6.07) is 4.13. The summed E-state index contributed by atoms with van der Waals surface area (Å²) in [7, 11) is 0. The standard InChI is InChI=1S/C15H22N4O2/c1-10-5-6-14(18-17-10)19-7-3-4-12(9-19)16-13-8-11(2)21-15(13)20/h5-6,11-13,16H,3-4,7-9H2,1-2H3/t11-,12+,13-/m1/s1. The van der Waals surface area contributed by atoms with E-state index in [0.29, 0.717) is 6.04 Å². The van der Waals surface area contributed by atoms with Crippen LogP contribution in [0.25, 0.3) is 0 Å². The fourth-order valence-corrected chi connectivity index (χ4v) is 3.06. The number of aromatic nitrogens is 2. The zero-order valence-electron chi connectivity index (χ0n) is 12.6. The molecule has 2 saturated heterocycles. The first kappa shape index (κ1) is 14.3. The molecule has 2 fully saturated rings. The second-order valence-electron chi connectivity index (χ2n) is 6.02. The van der Waals surface area contributed by atoms with E-state index in [9.17, 15) is 4.79 Å². The van der Waals surface area contributed by atoms with Gasteiger partial charge in [0.25, 0.3) is 0 Å².